The summed E-state index contributed by atoms with van der Waals surface area (Å²) in [5, 5.41) is 5.11. The highest BCUT2D eigenvalue weighted by molar-refractivity contribution is 5.98. The second-order valence-electron chi connectivity index (χ2n) is 3.56. The molecule has 6 nitrogen and oxygen atoms in total. The Morgan fingerprint density at radius 1 is 1.42 bits per heavy atom. The Balaban J connectivity index is 2.74. The average Bonchev–Trinajstić information content (AvgIpc) is 2.43. The van der Waals surface area contributed by atoms with Crippen LogP contribution in [0.15, 0.2) is 18.5 Å². The van der Waals surface area contributed by atoms with Crippen LogP contribution < -0.4 is 16.4 Å². The number of amides is 2. The molecule has 0 spiro atoms. The maximum absolute atomic E-state index is 11.9. The van der Waals surface area contributed by atoms with E-state index in [-0.39, 0.29) is 24.9 Å². The lowest BCUT2D eigenvalue weighted by Gasteiger charge is -2.06. The monoisotopic (exact) mass is 260 g/mol. The molecule has 19 heavy (non-hydrogen) atoms. The van der Waals surface area contributed by atoms with E-state index in [4.69, 9.17) is 5.73 Å². The van der Waals surface area contributed by atoms with Crippen molar-refractivity contribution < 1.29 is 9.59 Å². The molecule has 0 saturated carbocycles. The number of nitrogens with one attached hydrogen (secondary N) is 2. The van der Waals surface area contributed by atoms with Crippen LogP contribution in [-0.4, -0.2) is 36.4 Å². The van der Waals surface area contributed by atoms with Gasteiger partial charge in [-0.25, -0.2) is 0 Å². The molecule has 0 bridgehead atoms. The summed E-state index contributed by atoms with van der Waals surface area (Å²) < 4.78 is 0. The summed E-state index contributed by atoms with van der Waals surface area (Å²) >= 11 is 0. The van der Waals surface area contributed by atoms with Gasteiger partial charge in [0.1, 0.15) is 0 Å². The molecule has 0 aliphatic carbocycles. The highest BCUT2D eigenvalue weighted by Crippen LogP contribution is 2.04. The third-order valence-corrected chi connectivity index (χ3v) is 2.17. The molecule has 0 saturated heterocycles. The van der Waals surface area contributed by atoms with E-state index in [1.165, 1.54) is 12.4 Å². The number of pyridine rings is 1. The van der Waals surface area contributed by atoms with Gasteiger partial charge in [0.25, 0.3) is 5.91 Å². The minimum Gasteiger partial charge on any atom is -0.355 e. The molecule has 6 heteroatoms. The smallest absolute Gasteiger partial charge is 0.253 e. The van der Waals surface area contributed by atoms with Crippen LogP contribution in [0.2, 0.25) is 0 Å². The molecular weight excluding hydrogens is 244 g/mol. The number of carbonyl (C=O) groups excluding carboxylic acids is 2. The molecule has 0 fully saturated rings. The minimum atomic E-state index is -0.366. The molecule has 1 aromatic heterocycles. The van der Waals surface area contributed by atoms with Crippen LogP contribution in [0.1, 0.15) is 22.8 Å². The summed E-state index contributed by atoms with van der Waals surface area (Å²) in [6.07, 6.45) is 2.98. The largest absolute Gasteiger partial charge is 0.355 e. The van der Waals surface area contributed by atoms with Gasteiger partial charge < -0.3 is 16.4 Å². The summed E-state index contributed by atoms with van der Waals surface area (Å²) in [5.41, 5.74) is 6.15. The van der Waals surface area contributed by atoms with Crippen LogP contribution in [0.5, 0.6) is 0 Å². The SMILES string of the molecule is CCNC(=O)CNC(=O)c1ccncc1C#CCN. The second-order valence-corrected chi connectivity index (χ2v) is 3.56. The van der Waals surface area contributed by atoms with E-state index in [0.717, 1.165) is 0 Å². The number of hydrogen-bond acceptors (Lipinski definition) is 4. The van der Waals surface area contributed by atoms with Gasteiger partial charge >= 0.3 is 0 Å². The number of nitrogens with zero attached hydrogens (tertiary/aromatic N) is 1. The fourth-order valence-electron chi connectivity index (χ4n) is 1.35. The number of aromatic nitrogens is 1. The van der Waals surface area contributed by atoms with E-state index < -0.39 is 0 Å². The number of carbonyl (C=O) groups is 2. The fourth-order valence-corrected chi connectivity index (χ4v) is 1.35. The van der Waals surface area contributed by atoms with Gasteiger partial charge in [0, 0.05) is 18.9 Å². The highest BCUT2D eigenvalue weighted by Gasteiger charge is 2.11. The Bertz CT molecular complexity index is 517. The van der Waals surface area contributed by atoms with Crippen molar-refractivity contribution >= 4 is 11.8 Å². The van der Waals surface area contributed by atoms with Crippen molar-refractivity contribution in [3.05, 3.63) is 29.6 Å². The normalized spacial score (nSPS) is 9.16. The maximum atomic E-state index is 11.9. The van der Waals surface area contributed by atoms with E-state index >= 15 is 0 Å². The van der Waals surface area contributed by atoms with E-state index in [1.54, 1.807) is 6.07 Å². The lowest BCUT2D eigenvalue weighted by atomic mass is 10.1. The van der Waals surface area contributed by atoms with E-state index in [2.05, 4.69) is 27.5 Å². The Labute approximate surface area is 111 Å². The van der Waals surface area contributed by atoms with Gasteiger partial charge in [-0.3, -0.25) is 14.6 Å². The van der Waals surface area contributed by atoms with Crippen molar-refractivity contribution in [3.63, 3.8) is 0 Å². The van der Waals surface area contributed by atoms with E-state index in [0.29, 0.717) is 17.7 Å². The predicted molar refractivity (Wildman–Crippen MR) is 71.2 cm³/mol. The first-order valence-electron chi connectivity index (χ1n) is 5.86. The molecule has 4 N–H and O–H groups in total. The van der Waals surface area contributed by atoms with Crippen molar-refractivity contribution in [2.75, 3.05) is 19.6 Å². The van der Waals surface area contributed by atoms with Crippen LogP contribution in [0, 0.1) is 11.8 Å². The van der Waals surface area contributed by atoms with Crippen LogP contribution >= 0.6 is 0 Å². The Kier molecular flexibility index (Phi) is 6.06. The molecule has 2 amide bonds. The average molecular weight is 260 g/mol. The number of rotatable bonds is 4. The Hall–Kier alpha value is -2.39. The first kappa shape index (κ1) is 14.7. The van der Waals surface area contributed by atoms with Gasteiger partial charge in [-0.1, -0.05) is 11.8 Å². The van der Waals surface area contributed by atoms with Crippen LogP contribution in [0.3, 0.4) is 0 Å². The van der Waals surface area contributed by atoms with Crippen molar-refractivity contribution in [2.45, 2.75) is 6.92 Å². The van der Waals surface area contributed by atoms with Gasteiger partial charge in [-0.05, 0) is 13.0 Å². The first-order chi connectivity index (χ1) is 9.19. The lowest BCUT2D eigenvalue weighted by molar-refractivity contribution is -0.120. The summed E-state index contributed by atoms with van der Waals surface area (Å²) in [7, 11) is 0. The molecule has 1 rings (SSSR count). The van der Waals surface area contributed by atoms with Gasteiger partial charge in [0.15, 0.2) is 0 Å². The summed E-state index contributed by atoms with van der Waals surface area (Å²) in [6.45, 7) is 2.47. The molecule has 0 aromatic carbocycles. The minimum absolute atomic E-state index is 0.0707. The number of hydrogen-bond donors (Lipinski definition) is 3. The van der Waals surface area contributed by atoms with Gasteiger partial charge in [-0.15, -0.1) is 0 Å². The lowest BCUT2D eigenvalue weighted by Crippen LogP contribution is -2.37. The van der Waals surface area contributed by atoms with Crippen molar-refractivity contribution in [2.24, 2.45) is 5.73 Å². The second kappa shape index (κ2) is 7.84. The topological polar surface area (TPSA) is 97.1 Å². The zero-order valence-electron chi connectivity index (χ0n) is 10.7. The molecule has 0 radical (unpaired) electrons. The van der Waals surface area contributed by atoms with Gasteiger partial charge in [0.2, 0.25) is 5.91 Å². The third kappa shape index (κ3) is 4.77. The summed E-state index contributed by atoms with van der Waals surface area (Å²) in [6, 6.07) is 1.55. The summed E-state index contributed by atoms with van der Waals surface area (Å²) in [4.78, 5) is 27.1. The van der Waals surface area contributed by atoms with Crippen LogP contribution in [-0.2, 0) is 4.79 Å². The third-order valence-electron chi connectivity index (χ3n) is 2.17. The molecule has 1 heterocycles. The van der Waals surface area contributed by atoms with Crippen molar-refractivity contribution in [3.8, 4) is 11.8 Å². The fraction of sp³-hybridized carbons (Fsp3) is 0.308. The van der Waals surface area contributed by atoms with Gasteiger partial charge in [0.05, 0.1) is 24.2 Å². The zero-order chi connectivity index (χ0) is 14.1. The molecule has 0 unspecified atom stereocenters. The molecule has 1 aromatic rings. The molecule has 0 atom stereocenters. The van der Waals surface area contributed by atoms with Crippen molar-refractivity contribution in [1.82, 2.24) is 15.6 Å². The van der Waals surface area contributed by atoms with Crippen LogP contribution in [0.4, 0.5) is 0 Å². The highest BCUT2D eigenvalue weighted by atomic mass is 16.2. The summed E-state index contributed by atoms with van der Waals surface area (Å²) in [5.74, 6) is 4.83. The standard InChI is InChI=1S/C13H16N4O2/c1-2-16-12(18)9-17-13(19)11-5-7-15-8-10(11)4-3-6-14/h5,7-8H,2,6,9,14H2,1H3,(H,16,18)(H,17,19). The molecule has 0 aliphatic rings. The maximum Gasteiger partial charge on any atom is 0.253 e. The molecular formula is C13H16N4O2. The van der Waals surface area contributed by atoms with E-state index in [1.807, 2.05) is 6.92 Å². The molecule has 100 valence electrons. The number of nitrogens with two attached hydrogens (primary N) is 1. The quantitative estimate of drug-likeness (QED) is 0.621. The first-order valence-corrected chi connectivity index (χ1v) is 5.86. The van der Waals surface area contributed by atoms with Crippen LogP contribution in [0.25, 0.3) is 0 Å². The predicted octanol–water partition coefficient (Wildman–Crippen LogP) is -0.742. The zero-order valence-corrected chi connectivity index (χ0v) is 10.7. The molecule has 0 aliphatic heterocycles. The number of likely N-dealkylation sites (N-methyl/N-ethyl adjacent to an activating group) is 1. The van der Waals surface area contributed by atoms with Crippen molar-refractivity contribution in [1.29, 1.82) is 0 Å². The van der Waals surface area contributed by atoms with Gasteiger partial charge in [-0.2, -0.15) is 0 Å². The Morgan fingerprint density at radius 2 is 2.21 bits per heavy atom. The Morgan fingerprint density at radius 3 is 2.89 bits per heavy atom. The van der Waals surface area contributed by atoms with E-state index in [9.17, 15) is 9.59 Å².